The molecule has 9 heteroatoms. The molecular weight excluding hydrogens is 380 g/mol. The fraction of sp³-hybridized carbons (Fsp3) is 0.158. The summed E-state index contributed by atoms with van der Waals surface area (Å²) in [5, 5.41) is 5.53. The first kappa shape index (κ1) is 19.3. The third-order valence-corrected chi connectivity index (χ3v) is 4.44. The van der Waals surface area contributed by atoms with E-state index < -0.39 is 6.03 Å². The van der Waals surface area contributed by atoms with Gasteiger partial charge in [0.15, 0.2) is 5.78 Å². The third-order valence-electron chi connectivity index (χ3n) is 3.83. The molecule has 0 aliphatic heterocycles. The topological polar surface area (TPSA) is 102 Å². The first-order valence-electron chi connectivity index (χ1n) is 8.26. The summed E-state index contributed by atoms with van der Waals surface area (Å²) in [6.07, 6.45) is 0. The van der Waals surface area contributed by atoms with Crippen LogP contribution in [0.4, 0.5) is 15.6 Å². The molecule has 0 spiro atoms. The van der Waals surface area contributed by atoms with E-state index in [0.29, 0.717) is 22.6 Å². The average Bonchev–Trinajstić information content (AvgIpc) is 3.16. The second kappa shape index (κ2) is 8.49. The van der Waals surface area contributed by atoms with Gasteiger partial charge in [-0.3, -0.25) is 10.1 Å². The van der Waals surface area contributed by atoms with Gasteiger partial charge in [0.25, 0.3) is 0 Å². The number of rotatable bonds is 6. The maximum Gasteiger partial charge on any atom is 0.329 e. The summed E-state index contributed by atoms with van der Waals surface area (Å²) in [7, 11) is 2.94. The number of anilines is 2. The standard InChI is InChI=1S/C19H18N4O4S/c1-11-8-9-14(20-17(25)21-19-22-18(27-3)23-28-19)13(10-11)16(24)12-6-4-5-7-15(12)26-2/h4-10H,1-3H3,(H2,20,21,22,23,25). The molecule has 0 fully saturated rings. The van der Waals surface area contributed by atoms with Crippen molar-refractivity contribution in [1.82, 2.24) is 9.36 Å². The number of benzene rings is 2. The maximum absolute atomic E-state index is 13.1. The molecule has 2 amide bonds. The lowest BCUT2D eigenvalue weighted by Gasteiger charge is -2.13. The summed E-state index contributed by atoms with van der Waals surface area (Å²) in [6, 6.07) is 11.8. The molecule has 28 heavy (non-hydrogen) atoms. The molecule has 0 saturated heterocycles. The molecule has 1 aromatic heterocycles. The number of para-hydroxylation sites is 1. The Bertz CT molecular complexity index is 1020. The van der Waals surface area contributed by atoms with E-state index in [4.69, 9.17) is 9.47 Å². The first-order valence-corrected chi connectivity index (χ1v) is 9.03. The SMILES string of the molecule is COc1nsc(NC(=O)Nc2ccc(C)cc2C(=O)c2ccccc2OC)n1. The second-order valence-electron chi connectivity index (χ2n) is 5.74. The molecule has 1 heterocycles. The first-order chi connectivity index (χ1) is 13.5. The molecule has 0 aliphatic carbocycles. The van der Waals surface area contributed by atoms with Crippen LogP contribution in [0.1, 0.15) is 21.5 Å². The van der Waals surface area contributed by atoms with E-state index in [0.717, 1.165) is 17.1 Å². The van der Waals surface area contributed by atoms with Crippen LogP contribution >= 0.6 is 11.5 Å². The number of nitrogens with one attached hydrogen (secondary N) is 2. The Morgan fingerprint density at radius 2 is 1.79 bits per heavy atom. The number of carbonyl (C=O) groups excluding carboxylic acids is 2. The van der Waals surface area contributed by atoms with Crippen LogP contribution in [0.2, 0.25) is 0 Å². The molecule has 0 bridgehead atoms. The highest BCUT2D eigenvalue weighted by molar-refractivity contribution is 7.10. The Balaban J connectivity index is 1.86. The van der Waals surface area contributed by atoms with E-state index in [1.807, 2.05) is 13.0 Å². The predicted molar refractivity (Wildman–Crippen MR) is 107 cm³/mol. The van der Waals surface area contributed by atoms with Crippen LogP contribution in [0.3, 0.4) is 0 Å². The average molecular weight is 398 g/mol. The molecule has 3 rings (SSSR count). The number of aromatic nitrogens is 2. The lowest BCUT2D eigenvalue weighted by atomic mass is 9.99. The molecule has 0 saturated carbocycles. The van der Waals surface area contributed by atoms with E-state index in [1.54, 1.807) is 36.4 Å². The van der Waals surface area contributed by atoms with E-state index in [2.05, 4.69) is 20.0 Å². The van der Waals surface area contributed by atoms with E-state index in [1.165, 1.54) is 14.2 Å². The van der Waals surface area contributed by atoms with Gasteiger partial charge in [0.2, 0.25) is 5.13 Å². The maximum atomic E-state index is 13.1. The molecule has 3 aromatic rings. The summed E-state index contributed by atoms with van der Waals surface area (Å²) >= 11 is 0.986. The number of carbonyl (C=O) groups is 2. The van der Waals surface area contributed by atoms with Gasteiger partial charge >= 0.3 is 12.0 Å². The van der Waals surface area contributed by atoms with Crippen LogP contribution in [0.15, 0.2) is 42.5 Å². The zero-order valence-corrected chi connectivity index (χ0v) is 16.3. The molecule has 0 unspecified atom stereocenters. The highest BCUT2D eigenvalue weighted by atomic mass is 32.1. The van der Waals surface area contributed by atoms with Crippen molar-refractivity contribution < 1.29 is 19.1 Å². The molecule has 2 N–H and O–H groups in total. The third kappa shape index (κ3) is 4.26. The Kier molecular flexibility index (Phi) is 5.85. The van der Waals surface area contributed by atoms with Crippen molar-refractivity contribution in [2.75, 3.05) is 24.9 Å². The van der Waals surface area contributed by atoms with Gasteiger partial charge in [0.1, 0.15) is 5.75 Å². The second-order valence-corrected chi connectivity index (χ2v) is 6.50. The van der Waals surface area contributed by atoms with Crippen LogP contribution in [0, 0.1) is 6.92 Å². The Hall–Kier alpha value is -3.46. The van der Waals surface area contributed by atoms with Gasteiger partial charge < -0.3 is 14.8 Å². The highest BCUT2D eigenvalue weighted by Crippen LogP contribution is 2.26. The van der Waals surface area contributed by atoms with Crippen molar-refractivity contribution in [2.45, 2.75) is 6.92 Å². The number of ketones is 1. The highest BCUT2D eigenvalue weighted by Gasteiger charge is 2.19. The predicted octanol–water partition coefficient (Wildman–Crippen LogP) is 3.74. The van der Waals surface area contributed by atoms with Crippen molar-refractivity contribution in [3.05, 3.63) is 59.2 Å². The van der Waals surface area contributed by atoms with Crippen LogP contribution < -0.4 is 20.1 Å². The Morgan fingerprint density at radius 1 is 1.00 bits per heavy atom. The Morgan fingerprint density at radius 3 is 2.50 bits per heavy atom. The van der Waals surface area contributed by atoms with Crippen LogP contribution in [-0.4, -0.2) is 35.4 Å². The van der Waals surface area contributed by atoms with Crippen molar-refractivity contribution in [1.29, 1.82) is 0 Å². The van der Waals surface area contributed by atoms with Crippen molar-refractivity contribution in [3.8, 4) is 11.8 Å². The molecule has 0 radical (unpaired) electrons. The number of hydrogen-bond acceptors (Lipinski definition) is 7. The van der Waals surface area contributed by atoms with E-state index >= 15 is 0 Å². The zero-order valence-electron chi connectivity index (χ0n) is 15.5. The fourth-order valence-corrected chi connectivity index (χ4v) is 3.06. The van der Waals surface area contributed by atoms with Crippen LogP contribution in [0.5, 0.6) is 11.8 Å². The zero-order chi connectivity index (χ0) is 20.1. The van der Waals surface area contributed by atoms with Gasteiger partial charge in [-0.1, -0.05) is 23.8 Å². The van der Waals surface area contributed by atoms with Gasteiger partial charge in [-0.15, -0.1) is 4.37 Å². The number of methoxy groups -OCH3 is 2. The number of nitrogens with zero attached hydrogens (tertiary/aromatic N) is 2. The molecule has 2 aromatic carbocycles. The molecule has 0 atom stereocenters. The van der Waals surface area contributed by atoms with Crippen molar-refractivity contribution in [2.24, 2.45) is 0 Å². The number of urea groups is 1. The normalized spacial score (nSPS) is 10.2. The van der Waals surface area contributed by atoms with Gasteiger partial charge in [0, 0.05) is 17.1 Å². The molecule has 0 aliphatic rings. The molecular formula is C19H18N4O4S. The van der Waals surface area contributed by atoms with E-state index in [-0.39, 0.29) is 16.9 Å². The quantitative estimate of drug-likeness (QED) is 0.613. The van der Waals surface area contributed by atoms with Gasteiger partial charge in [-0.25, -0.2) is 4.79 Å². The van der Waals surface area contributed by atoms with Gasteiger partial charge in [-0.05, 0) is 31.2 Å². The minimum atomic E-state index is -0.545. The summed E-state index contributed by atoms with van der Waals surface area (Å²) in [5.74, 6) is 0.208. The molecule has 8 nitrogen and oxygen atoms in total. The summed E-state index contributed by atoms with van der Waals surface area (Å²) in [5.41, 5.74) is 2.02. The number of aryl methyl sites for hydroxylation is 1. The van der Waals surface area contributed by atoms with Crippen LogP contribution in [0.25, 0.3) is 0 Å². The summed E-state index contributed by atoms with van der Waals surface area (Å²) in [4.78, 5) is 29.4. The minimum Gasteiger partial charge on any atom is -0.496 e. The monoisotopic (exact) mass is 398 g/mol. The van der Waals surface area contributed by atoms with E-state index in [9.17, 15) is 9.59 Å². The fourth-order valence-electron chi connectivity index (χ4n) is 2.53. The lowest BCUT2D eigenvalue weighted by Crippen LogP contribution is -2.21. The molecule has 144 valence electrons. The number of amides is 2. The largest absolute Gasteiger partial charge is 0.496 e. The van der Waals surface area contributed by atoms with Crippen LogP contribution in [-0.2, 0) is 0 Å². The summed E-state index contributed by atoms with van der Waals surface area (Å²) in [6.45, 7) is 1.87. The smallest absolute Gasteiger partial charge is 0.329 e. The Labute approximate surface area is 165 Å². The van der Waals surface area contributed by atoms with Crippen molar-refractivity contribution >= 4 is 34.2 Å². The summed E-state index contributed by atoms with van der Waals surface area (Å²) < 4.78 is 14.1. The number of ether oxygens (including phenoxy) is 2. The number of hydrogen-bond donors (Lipinski definition) is 2. The lowest BCUT2D eigenvalue weighted by molar-refractivity contribution is 0.103. The van der Waals surface area contributed by atoms with Gasteiger partial charge in [-0.2, -0.15) is 4.98 Å². The minimum absolute atomic E-state index is 0.169. The van der Waals surface area contributed by atoms with Crippen molar-refractivity contribution in [3.63, 3.8) is 0 Å². The van der Waals surface area contributed by atoms with Gasteiger partial charge in [0.05, 0.1) is 25.5 Å².